The highest BCUT2D eigenvalue weighted by molar-refractivity contribution is 7.13. The van der Waals surface area contributed by atoms with Gasteiger partial charge in [-0.3, -0.25) is 4.79 Å². The van der Waals surface area contributed by atoms with Gasteiger partial charge >= 0.3 is 0 Å². The number of aliphatic hydroxyl groups is 1. The van der Waals surface area contributed by atoms with E-state index in [-0.39, 0.29) is 18.4 Å². The molecular formula is C15H20N2O3S. The van der Waals surface area contributed by atoms with Crippen molar-refractivity contribution in [2.45, 2.75) is 32.8 Å². The van der Waals surface area contributed by atoms with Crippen LogP contribution in [0.3, 0.4) is 0 Å². The lowest BCUT2D eigenvalue weighted by Gasteiger charge is -2.29. The van der Waals surface area contributed by atoms with Crippen LogP contribution in [-0.2, 0) is 0 Å². The van der Waals surface area contributed by atoms with E-state index in [0.717, 1.165) is 6.42 Å². The van der Waals surface area contributed by atoms with Crippen LogP contribution in [0, 0.1) is 5.92 Å². The predicted octanol–water partition coefficient (Wildman–Crippen LogP) is 2.93. The molecule has 6 heteroatoms. The predicted molar refractivity (Wildman–Crippen MR) is 82.2 cm³/mol. The Morgan fingerprint density at radius 3 is 3.00 bits per heavy atom. The minimum atomic E-state index is -0.926. The van der Waals surface area contributed by atoms with Crippen molar-refractivity contribution in [2.24, 2.45) is 5.92 Å². The first-order valence-electron chi connectivity index (χ1n) is 6.94. The highest BCUT2D eigenvalue weighted by atomic mass is 32.1. The zero-order valence-electron chi connectivity index (χ0n) is 12.4. The molecular weight excluding hydrogens is 288 g/mol. The molecule has 0 aliphatic rings. The molecule has 2 aromatic heterocycles. The smallest absolute Gasteiger partial charge is 0.270 e. The molecule has 21 heavy (non-hydrogen) atoms. The Bertz CT molecular complexity index is 590. The molecule has 2 N–H and O–H groups in total. The number of hydrogen-bond acceptors (Lipinski definition) is 5. The van der Waals surface area contributed by atoms with Gasteiger partial charge < -0.3 is 14.8 Å². The summed E-state index contributed by atoms with van der Waals surface area (Å²) in [6, 6.07) is 3.58. The van der Waals surface area contributed by atoms with Gasteiger partial charge in [-0.15, -0.1) is 11.3 Å². The first-order chi connectivity index (χ1) is 9.94. The van der Waals surface area contributed by atoms with E-state index >= 15 is 0 Å². The van der Waals surface area contributed by atoms with Gasteiger partial charge in [0.2, 0.25) is 0 Å². The fourth-order valence-electron chi connectivity index (χ4n) is 1.86. The van der Waals surface area contributed by atoms with Gasteiger partial charge in [0.05, 0.1) is 11.9 Å². The van der Waals surface area contributed by atoms with E-state index in [2.05, 4.69) is 10.3 Å². The molecule has 2 atom stereocenters. The summed E-state index contributed by atoms with van der Waals surface area (Å²) in [4.78, 5) is 16.3. The molecule has 2 rings (SSSR count). The molecule has 5 nitrogen and oxygen atoms in total. The highest BCUT2D eigenvalue weighted by Crippen LogP contribution is 2.24. The maximum absolute atomic E-state index is 12.1. The fourth-order valence-corrected chi connectivity index (χ4v) is 2.62. The van der Waals surface area contributed by atoms with Crippen LogP contribution in [0.5, 0.6) is 0 Å². The minimum Gasteiger partial charge on any atom is -0.462 e. The Kier molecular flexibility index (Phi) is 4.80. The summed E-state index contributed by atoms with van der Waals surface area (Å²) in [5.74, 6) is 0.463. The van der Waals surface area contributed by atoms with Crippen LogP contribution in [0.2, 0.25) is 0 Å². The molecule has 0 saturated heterocycles. The first-order valence-corrected chi connectivity index (χ1v) is 7.82. The number of nitrogens with one attached hydrogen (secondary N) is 1. The number of carbonyl (C=O) groups is 1. The number of hydrogen-bond donors (Lipinski definition) is 2. The molecule has 0 fully saturated rings. The van der Waals surface area contributed by atoms with E-state index in [1.165, 1.54) is 11.3 Å². The van der Waals surface area contributed by atoms with Crippen molar-refractivity contribution in [1.82, 2.24) is 10.3 Å². The van der Waals surface area contributed by atoms with Gasteiger partial charge in [-0.2, -0.15) is 0 Å². The SMILES string of the molecule is CCC(C)C(C)(O)CNC(=O)c1csc(-c2ccco2)n1. The summed E-state index contributed by atoms with van der Waals surface area (Å²) in [7, 11) is 0. The lowest BCUT2D eigenvalue weighted by atomic mass is 9.88. The second-order valence-electron chi connectivity index (χ2n) is 5.36. The molecule has 114 valence electrons. The van der Waals surface area contributed by atoms with Crippen LogP contribution >= 0.6 is 11.3 Å². The Morgan fingerprint density at radius 2 is 2.38 bits per heavy atom. The number of furan rings is 1. The Morgan fingerprint density at radius 1 is 1.62 bits per heavy atom. The maximum Gasteiger partial charge on any atom is 0.270 e. The molecule has 0 aromatic carbocycles. The van der Waals surface area contributed by atoms with Crippen molar-refractivity contribution in [3.63, 3.8) is 0 Å². The van der Waals surface area contributed by atoms with E-state index in [4.69, 9.17) is 4.42 Å². The Labute approximate surface area is 128 Å². The van der Waals surface area contributed by atoms with E-state index < -0.39 is 5.60 Å². The lowest BCUT2D eigenvalue weighted by Crippen LogP contribution is -2.45. The van der Waals surface area contributed by atoms with E-state index in [1.807, 2.05) is 13.8 Å². The van der Waals surface area contributed by atoms with Crippen LogP contribution in [0.4, 0.5) is 0 Å². The van der Waals surface area contributed by atoms with E-state index in [1.54, 1.807) is 30.7 Å². The monoisotopic (exact) mass is 308 g/mol. The van der Waals surface area contributed by atoms with Crippen molar-refractivity contribution < 1.29 is 14.3 Å². The van der Waals surface area contributed by atoms with E-state index in [9.17, 15) is 9.90 Å². The van der Waals surface area contributed by atoms with Gasteiger partial charge in [0, 0.05) is 11.9 Å². The van der Waals surface area contributed by atoms with Gasteiger partial charge in [0.1, 0.15) is 5.69 Å². The van der Waals surface area contributed by atoms with Gasteiger partial charge in [0.25, 0.3) is 5.91 Å². The number of aromatic nitrogens is 1. The van der Waals surface area contributed by atoms with E-state index in [0.29, 0.717) is 16.5 Å². The number of amides is 1. The zero-order valence-corrected chi connectivity index (χ0v) is 13.2. The van der Waals surface area contributed by atoms with Crippen LogP contribution in [0.1, 0.15) is 37.7 Å². The van der Waals surface area contributed by atoms with Crippen LogP contribution in [-0.4, -0.2) is 28.1 Å². The third-order valence-corrected chi connectivity index (χ3v) is 4.61. The number of thiazole rings is 1. The van der Waals surface area contributed by atoms with Crippen LogP contribution in [0.25, 0.3) is 10.8 Å². The third kappa shape index (κ3) is 3.71. The fraction of sp³-hybridized carbons (Fsp3) is 0.467. The van der Waals surface area contributed by atoms with Crippen LogP contribution < -0.4 is 5.32 Å². The summed E-state index contributed by atoms with van der Waals surface area (Å²) in [6.45, 7) is 5.91. The zero-order chi connectivity index (χ0) is 15.5. The highest BCUT2D eigenvalue weighted by Gasteiger charge is 2.28. The molecule has 0 aliphatic carbocycles. The molecule has 2 aromatic rings. The second kappa shape index (κ2) is 6.41. The topological polar surface area (TPSA) is 75.4 Å². The molecule has 0 spiro atoms. The van der Waals surface area contributed by atoms with Gasteiger partial charge in [0.15, 0.2) is 10.8 Å². The summed E-state index contributed by atoms with van der Waals surface area (Å²) in [5, 5.41) is 15.4. The molecule has 0 aliphatic heterocycles. The number of carbonyl (C=O) groups excluding carboxylic acids is 1. The maximum atomic E-state index is 12.1. The van der Waals surface area contributed by atoms with Gasteiger partial charge in [-0.1, -0.05) is 20.3 Å². The molecule has 0 radical (unpaired) electrons. The summed E-state index contributed by atoms with van der Waals surface area (Å²) >= 11 is 1.35. The average Bonchev–Trinajstić information content (AvgIpc) is 3.13. The van der Waals surface area contributed by atoms with Gasteiger partial charge in [-0.25, -0.2) is 4.98 Å². The largest absolute Gasteiger partial charge is 0.462 e. The van der Waals surface area contributed by atoms with Crippen molar-refractivity contribution in [2.75, 3.05) is 6.54 Å². The summed E-state index contributed by atoms with van der Waals surface area (Å²) in [5.41, 5.74) is -0.587. The Balaban J connectivity index is 1.98. The lowest BCUT2D eigenvalue weighted by molar-refractivity contribution is 0.00589. The van der Waals surface area contributed by atoms with Gasteiger partial charge in [-0.05, 0) is 25.0 Å². The number of nitrogens with zero attached hydrogens (tertiary/aromatic N) is 1. The molecule has 1 amide bonds. The summed E-state index contributed by atoms with van der Waals surface area (Å²) in [6.07, 6.45) is 2.42. The average molecular weight is 308 g/mol. The Hall–Kier alpha value is -1.66. The van der Waals surface area contributed by atoms with Crippen molar-refractivity contribution in [3.8, 4) is 10.8 Å². The van der Waals surface area contributed by atoms with Crippen LogP contribution in [0.15, 0.2) is 28.2 Å². The molecule has 0 saturated carbocycles. The molecule has 0 bridgehead atoms. The quantitative estimate of drug-likeness (QED) is 0.860. The van der Waals surface area contributed by atoms with Crippen molar-refractivity contribution in [1.29, 1.82) is 0 Å². The second-order valence-corrected chi connectivity index (χ2v) is 6.22. The third-order valence-electron chi connectivity index (χ3n) is 3.75. The van der Waals surface area contributed by atoms with Crippen molar-refractivity contribution in [3.05, 3.63) is 29.5 Å². The van der Waals surface area contributed by atoms with Crippen molar-refractivity contribution >= 4 is 17.2 Å². The summed E-state index contributed by atoms with van der Waals surface area (Å²) < 4.78 is 5.25. The molecule has 2 unspecified atom stereocenters. The normalized spacial score (nSPS) is 15.4. The minimum absolute atomic E-state index is 0.104. The standard InChI is InChI=1S/C15H20N2O3S/c1-4-10(2)15(3,19)9-16-13(18)11-8-21-14(17-11)12-6-5-7-20-12/h5-8,10,19H,4,9H2,1-3H3,(H,16,18). The molecule has 2 heterocycles. The first kappa shape index (κ1) is 15.7. The number of rotatable bonds is 6.